The van der Waals surface area contributed by atoms with Gasteiger partial charge in [-0.3, -0.25) is 4.79 Å². The number of rotatable bonds is 8. The van der Waals surface area contributed by atoms with Crippen LogP contribution in [0.4, 0.5) is 9.52 Å². The third kappa shape index (κ3) is 5.72. The molecule has 0 aliphatic carbocycles. The molecule has 1 fully saturated rings. The first-order chi connectivity index (χ1) is 18.8. The van der Waals surface area contributed by atoms with Gasteiger partial charge in [-0.1, -0.05) is 34.7 Å². The van der Waals surface area contributed by atoms with Crippen molar-refractivity contribution in [3.05, 3.63) is 65.3 Å². The number of amides is 1. The van der Waals surface area contributed by atoms with Crippen LogP contribution in [0, 0.1) is 18.7 Å². The van der Waals surface area contributed by atoms with Crippen LogP contribution in [0.25, 0.3) is 22.4 Å². The summed E-state index contributed by atoms with van der Waals surface area (Å²) in [6.45, 7) is 4.35. The van der Waals surface area contributed by atoms with E-state index < -0.39 is 15.8 Å². The number of benzene rings is 2. The van der Waals surface area contributed by atoms with Crippen LogP contribution in [-0.4, -0.2) is 48.5 Å². The molecule has 0 unspecified atom stereocenters. The van der Waals surface area contributed by atoms with Crippen molar-refractivity contribution in [2.45, 2.75) is 31.6 Å². The van der Waals surface area contributed by atoms with Gasteiger partial charge in [-0.2, -0.15) is 4.31 Å². The molecule has 1 saturated heterocycles. The SMILES string of the molecule is CCOc1ccc2nc(NC(=O)C3CCN(S(=O)(=O)c4c(C)noc4/C=C/c4ccccc4F)CC3)sc2c1. The Kier molecular flexibility index (Phi) is 7.78. The third-order valence-corrected chi connectivity index (χ3v) is 9.47. The molecular weight excluding hydrogens is 543 g/mol. The van der Waals surface area contributed by atoms with Crippen LogP contribution in [0.5, 0.6) is 5.75 Å². The Morgan fingerprint density at radius 1 is 1.23 bits per heavy atom. The van der Waals surface area contributed by atoms with Crippen LogP contribution in [-0.2, 0) is 14.8 Å². The van der Waals surface area contributed by atoms with E-state index in [1.807, 2.05) is 25.1 Å². The van der Waals surface area contributed by atoms with E-state index in [0.717, 1.165) is 16.0 Å². The van der Waals surface area contributed by atoms with Gasteiger partial charge in [-0.15, -0.1) is 0 Å². The molecule has 12 heteroatoms. The number of hydrogen-bond donors (Lipinski definition) is 1. The molecule has 1 aliphatic rings. The minimum atomic E-state index is -3.95. The summed E-state index contributed by atoms with van der Waals surface area (Å²) in [5.41, 5.74) is 1.28. The molecule has 1 amide bonds. The van der Waals surface area contributed by atoms with E-state index >= 15 is 0 Å². The Bertz CT molecular complexity index is 1640. The van der Waals surface area contributed by atoms with E-state index in [0.29, 0.717) is 30.1 Å². The highest BCUT2D eigenvalue weighted by molar-refractivity contribution is 7.89. The van der Waals surface area contributed by atoms with Crippen molar-refractivity contribution in [3.8, 4) is 5.75 Å². The van der Waals surface area contributed by atoms with Gasteiger partial charge in [-0.05, 0) is 63.1 Å². The van der Waals surface area contributed by atoms with Crippen LogP contribution in [0.15, 0.2) is 51.9 Å². The van der Waals surface area contributed by atoms with Crippen LogP contribution >= 0.6 is 11.3 Å². The van der Waals surface area contributed by atoms with Crippen molar-refractivity contribution >= 4 is 54.8 Å². The average molecular weight is 571 g/mol. The number of halogens is 1. The average Bonchev–Trinajstić information content (AvgIpc) is 3.50. The standard InChI is InChI=1S/C27H27FN4O5S2/c1-3-36-20-9-10-22-24(16-20)38-27(29-22)30-26(33)19-12-14-32(15-13-19)39(34,35)25-17(2)31-37-23(25)11-8-18-6-4-5-7-21(18)28/h4-11,16,19H,3,12-15H2,1-2H3,(H,29,30,33)/b11-8+. The molecule has 1 aliphatic heterocycles. The Morgan fingerprint density at radius 3 is 2.74 bits per heavy atom. The molecule has 1 N–H and O–H groups in total. The molecule has 0 radical (unpaired) electrons. The number of piperidine rings is 1. The fourth-order valence-corrected chi connectivity index (χ4v) is 7.10. The normalized spacial score (nSPS) is 15.3. The first-order valence-electron chi connectivity index (χ1n) is 12.5. The van der Waals surface area contributed by atoms with E-state index in [9.17, 15) is 17.6 Å². The maximum absolute atomic E-state index is 14.0. The second-order valence-electron chi connectivity index (χ2n) is 9.07. The number of fused-ring (bicyclic) bond motifs is 1. The lowest BCUT2D eigenvalue weighted by Crippen LogP contribution is -2.41. The zero-order valence-electron chi connectivity index (χ0n) is 21.4. The number of carbonyl (C=O) groups excluding carboxylic acids is 1. The van der Waals surface area contributed by atoms with Gasteiger partial charge in [0.15, 0.2) is 15.8 Å². The summed E-state index contributed by atoms with van der Waals surface area (Å²) in [7, 11) is -3.95. The maximum atomic E-state index is 14.0. The summed E-state index contributed by atoms with van der Waals surface area (Å²) in [4.78, 5) is 17.4. The Labute approximate surface area is 229 Å². The smallest absolute Gasteiger partial charge is 0.248 e. The second kappa shape index (κ2) is 11.2. The molecule has 3 heterocycles. The van der Waals surface area contributed by atoms with Gasteiger partial charge < -0.3 is 14.6 Å². The third-order valence-electron chi connectivity index (χ3n) is 6.48. The predicted octanol–water partition coefficient (Wildman–Crippen LogP) is 5.34. The lowest BCUT2D eigenvalue weighted by Gasteiger charge is -2.30. The summed E-state index contributed by atoms with van der Waals surface area (Å²) >= 11 is 1.36. The number of aromatic nitrogens is 2. The van der Waals surface area contributed by atoms with E-state index in [4.69, 9.17) is 9.26 Å². The fraction of sp³-hybridized carbons (Fsp3) is 0.296. The second-order valence-corrected chi connectivity index (χ2v) is 12.0. The van der Waals surface area contributed by atoms with Crippen LogP contribution in [0.3, 0.4) is 0 Å². The molecule has 4 aromatic rings. The molecule has 2 aromatic carbocycles. The summed E-state index contributed by atoms with van der Waals surface area (Å²) in [5, 5.41) is 7.21. The van der Waals surface area contributed by atoms with Crippen LogP contribution in [0.1, 0.15) is 36.8 Å². The van der Waals surface area contributed by atoms with E-state index in [2.05, 4.69) is 15.5 Å². The number of nitrogens with zero attached hydrogens (tertiary/aromatic N) is 3. The number of thiazole rings is 1. The fourth-order valence-electron chi connectivity index (χ4n) is 4.48. The first-order valence-corrected chi connectivity index (χ1v) is 14.7. The van der Waals surface area contributed by atoms with Crippen molar-refractivity contribution < 1.29 is 26.9 Å². The highest BCUT2D eigenvalue weighted by Gasteiger charge is 2.36. The monoisotopic (exact) mass is 570 g/mol. The summed E-state index contributed by atoms with van der Waals surface area (Å²) in [6.07, 6.45) is 3.57. The van der Waals surface area contributed by atoms with Crippen molar-refractivity contribution in [1.29, 1.82) is 0 Å². The molecule has 0 atom stereocenters. The Hall–Kier alpha value is -3.61. The molecule has 0 spiro atoms. The minimum absolute atomic E-state index is 0.0268. The quantitative estimate of drug-likeness (QED) is 0.304. The molecule has 2 aromatic heterocycles. The molecule has 204 valence electrons. The summed E-state index contributed by atoms with van der Waals surface area (Å²) in [6, 6.07) is 11.7. The van der Waals surface area contributed by atoms with Crippen molar-refractivity contribution in [1.82, 2.24) is 14.4 Å². The van der Waals surface area contributed by atoms with Gasteiger partial charge in [0.05, 0.1) is 16.8 Å². The number of sulfonamides is 1. The minimum Gasteiger partial charge on any atom is -0.494 e. The van der Waals surface area contributed by atoms with Gasteiger partial charge >= 0.3 is 0 Å². The van der Waals surface area contributed by atoms with Crippen molar-refractivity contribution in [2.75, 3.05) is 25.0 Å². The topological polar surface area (TPSA) is 115 Å². The first kappa shape index (κ1) is 27.0. The van der Waals surface area contributed by atoms with E-state index in [1.54, 1.807) is 25.1 Å². The van der Waals surface area contributed by atoms with E-state index in [1.165, 1.54) is 33.9 Å². The Morgan fingerprint density at radius 2 is 2.00 bits per heavy atom. The predicted molar refractivity (Wildman–Crippen MR) is 147 cm³/mol. The number of hydrogen-bond acceptors (Lipinski definition) is 8. The molecular formula is C27H27FN4O5S2. The lowest BCUT2D eigenvalue weighted by atomic mass is 9.97. The zero-order chi connectivity index (χ0) is 27.6. The van der Waals surface area contributed by atoms with E-state index in [-0.39, 0.29) is 41.3 Å². The van der Waals surface area contributed by atoms with Crippen molar-refractivity contribution in [3.63, 3.8) is 0 Å². The number of carbonyl (C=O) groups is 1. The number of ether oxygens (including phenoxy) is 1. The van der Waals surface area contributed by atoms with Crippen LogP contribution in [0.2, 0.25) is 0 Å². The molecule has 0 saturated carbocycles. The van der Waals surface area contributed by atoms with Gasteiger partial charge in [0.2, 0.25) is 15.9 Å². The highest BCUT2D eigenvalue weighted by atomic mass is 32.2. The number of anilines is 1. The van der Waals surface area contributed by atoms with Gasteiger partial charge in [-0.25, -0.2) is 17.8 Å². The number of aryl methyl sites for hydroxylation is 1. The summed E-state index contributed by atoms with van der Waals surface area (Å²) < 4.78 is 54.0. The van der Waals surface area contributed by atoms with Crippen molar-refractivity contribution in [2.24, 2.45) is 5.92 Å². The molecule has 9 nitrogen and oxygen atoms in total. The maximum Gasteiger partial charge on any atom is 0.248 e. The lowest BCUT2D eigenvalue weighted by molar-refractivity contribution is -0.120. The molecule has 5 rings (SSSR count). The largest absolute Gasteiger partial charge is 0.494 e. The van der Waals surface area contributed by atoms with Gasteiger partial charge in [0, 0.05) is 24.6 Å². The zero-order valence-corrected chi connectivity index (χ0v) is 23.0. The molecule has 39 heavy (non-hydrogen) atoms. The Balaban J connectivity index is 1.25. The summed E-state index contributed by atoms with van der Waals surface area (Å²) in [5.74, 6) is -0.207. The van der Waals surface area contributed by atoms with Crippen LogP contribution < -0.4 is 10.1 Å². The highest BCUT2D eigenvalue weighted by Crippen LogP contribution is 2.32. The number of nitrogens with one attached hydrogen (secondary N) is 1. The van der Waals surface area contributed by atoms with Gasteiger partial charge in [0.25, 0.3) is 0 Å². The molecule has 0 bridgehead atoms. The van der Waals surface area contributed by atoms with Gasteiger partial charge in [0.1, 0.15) is 17.3 Å².